The van der Waals surface area contributed by atoms with Crippen LogP contribution in [0.4, 0.5) is 0 Å². The second-order valence-electron chi connectivity index (χ2n) is 1.45. The lowest BCUT2D eigenvalue weighted by molar-refractivity contribution is -0.141. The third-order valence-electron chi connectivity index (χ3n) is 0.604. The summed E-state index contributed by atoms with van der Waals surface area (Å²) in [5.74, 6) is -0.358. The summed E-state index contributed by atoms with van der Waals surface area (Å²) >= 11 is 2.69. The Morgan fingerprint density at radius 2 is 2.11 bits per heavy atom. The maximum atomic E-state index is 10.2. The van der Waals surface area contributed by atoms with Crippen molar-refractivity contribution in [2.75, 3.05) is 6.61 Å². The lowest BCUT2D eigenvalue weighted by atomic mass is 10.5. The van der Waals surface area contributed by atoms with E-state index in [0.717, 1.165) is 0 Å². The van der Waals surface area contributed by atoms with Crippen LogP contribution in [0.3, 0.4) is 0 Å². The van der Waals surface area contributed by atoms with Crippen molar-refractivity contribution in [3.63, 3.8) is 0 Å². The molecule has 0 amide bonds. The van der Waals surface area contributed by atoms with Crippen molar-refractivity contribution in [3.05, 3.63) is 0 Å². The van der Waals surface area contributed by atoms with E-state index in [9.17, 15) is 9.59 Å². The van der Waals surface area contributed by atoms with E-state index < -0.39 is 0 Å². The van der Waals surface area contributed by atoms with Crippen molar-refractivity contribution >= 4 is 26.6 Å². The molecule has 0 fully saturated rings. The molecule has 0 aromatic rings. The summed E-state index contributed by atoms with van der Waals surface area (Å²) in [6, 6.07) is 0. The Kier molecular flexibility index (Phi) is 4.30. The molecule has 0 unspecified atom stereocenters. The van der Waals surface area contributed by atoms with Gasteiger partial charge < -0.3 is 4.74 Å². The van der Waals surface area contributed by atoms with E-state index in [-0.39, 0.29) is 23.7 Å². The number of halogens is 1. The van der Waals surface area contributed by atoms with Crippen molar-refractivity contribution in [1.82, 2.24) is 0 Å². The molecule has 0 aliphatic rings. The Bertz CT molecular complexity index is 107. The normalized spacial score (nSPS) is 8.67. The van der Waals surface area contributed by atoms with Crippen molar-refractivity contribution in [1.29, 1.82) is 0 Å². The van der Waals surface area contributed by atoms with Crippen LogP contribution < -0.4 is 0 Å². The van der Waals surface area contributed by atoms with E-state index in [1.807, 2.05) is 0 Å². The number of hydrogen-bond acceptors (Lipinski definition) is 3. The van der Waals surface area contributed by atoms with Crippen LogP contribution in [-0.4, -0.2) is 17.3 Å². The van der Waals surface area contributed by atoms with Crippen molar-refractivity contribution in [2.24, 2.45) is 0 Å². The Balaban J connectivity index is 3.10. The molecular formula is C5H7BrO3. The molecule has 0 radical (unpaired) electrons. The summed E-state index contributed by atoms with van der Waals surface area (Å²) in [5, 5.41) is 0. The van der Waals surface area contributed by atoms with Crippen molar-refractivity contribution < 1.29 is 14.3 Å². The fraction of sp³-hybridized carbons (Fsp3) is 0.600. The van der Waals surface area contributed by atoms with Gasteiger partial charge in [0.05, 0.1) is 13.0 Å². The predicted octanol–water partition coefficient (Wildman–Crippen LogP) is 0.861. The van der Waals surface area contributed by atoms with Gasteiger partial charge in [-0.05, 0) is 15.9 Å². The van der Waals surface area contributed by atoms with Crippen LogP contribution in [0.25, 0.3) is 0 Å². The maximum absolute atomic E-state index is 10.2. The predicted molar refractivity (Wildman–Crippen MR) is 35.2 cm³/mol. The van der Waals surface area contributed by atoms with Gasteiger partial charge in [0.2, 0.25) is 4.69 Å². The van der Waals surface area contributed by atoms with Crippen LogP contribution >= 0.6 is 15.9 Å². The highest BCUT2D eigenvalue weighted by Crippen LogP contribution is 1.91. The summed E-state index contributed by atoms with van der Waals surface area (Å²) in [7, 11) is 0. The van der Waals surface area contributed by atoms with E-state index in [0.29, 0.717) is 0 Å². The van der Waals surface area contributed by atoms with Crippen molar-refractivity contribution in [2.45, 2.75) is 13.3 Å². The number of hydrogen-bond donors (Lipinski definition) is 0. The molecule has 0 heterocycles. The Morgan fingerprint density at radius 3 is 2.44 bits per heavy atom. The molecule has 0 aliphatic carbocycles. The molecule has 0 rings (SSSR count). The lowest BCUT2D eigenvalue weighted by Crippen LogP contribution is -2.02. The number of rotatable bonds is 3. The summed E-state index contributed by atoms with van der Waals surface area (Å²) in [4.78, 5) is 20.2. The third-order valence-corrected chi connectivity index (χ3v) is 1.00. The summed E-state index contributed by atoms with van der Waals surface area (Å²) in [6.07, 6.45) is 0.236. The van der Waals surface area contributed by atoms with Crippen molar-refractivity contribution in [3.8, 4) is 0 Å². The monoisotopic (exact) mass is 194 g/mol. The molecule has 0 atom stereocenters. The van der Waals surface area contributed by atoms with Crippen LogP contribution in [-0.2, 0) is 14.3 Å². The third kappa shape index (κ3) is 7.62. The molecule has 3 nitrogen and oxygen atoms in total. The minimum Gasteiger partial charge on any atom is -0.465 e. The van der Waals surface area contributed by atoms with Crippen LogP contribution in [0.5, 0.6) is 0 Å². The topological polar surface area (TPSA) is 43.4 Å². The van der Waals surface area contributed by atoms with Gasteiger partial charge in [-0.3, -0.25) is 9.59 Å². The van der Waals surface area contributed by atoms with E-state index in [2.05, 4.69) is 20.7 Å². The first-order chi connectivity index (χ1) is 4.13. The van der Waals surface area contributed by atoms with Gasteiger partial charge in [-0.25, -0.2) is 0 Å². The molecule has 4 heteroatoms. The average Bonchev–Trinajstić information content (AvgIpc) is 1.63. The molecule has 0 bridgehead atoms. The Hall–Kier alpha value is -0.380. The molecule has 0 saturated carbocycles. The summed E-state index contributed by atoms with van der Waals surface area (Å²) in [5.41, 5.74) is 0. The highest BCUT2D eigenvalue weighted by atomic mass is 79.9. The molecule has 9 heavy (non-hydrogen) atoms. The SMILES string of the molecule is CC(=O)OCCC(=O)Br. The second kappa shape index (κ2) is 4.49. The first kappa shape index (κ1) is 8.62. The van der Waals surface area contributed by atoms with Crippen LogP contribution in [0, 0.1) is 0 Å². The number of carbonyl (C=O) groups is 2. The van der Waals surface area contributed by atoms with Gasteiger partial charge in [-0.1, -0.05) is 0 Å². The number of ether oxygens (including phenoxy) is 1. The van der Waals surface area contributed by atoms with Crippen LogP contribution in [0.15, 0.2) is 0 Å². The number of carbonyl (C=O) groups excluding carboxylic acids is 2. The maximum Gasteiger partial charge on any atom is 0.302 e. The van der Waals surface area contributed by atoms with Gasteiger partial charge >= 0.3 is 5.97 Å². The standard InChI is InChI=1S/C5H7BrO3/c1-4(7)9-3-2-5(6)8/h2-3H2,1H3. The lowest BCUT2D eigenvalue weighted by Gasteiger charge is -1.95. The second-order valence-corrected chi connectivity index (χ2v) is 2.33. The molecule has 0 N–H and O–H groups in total. The van der Waals surface area contributed by atoms with E-state index in [1.165, 1.54) is 6.92 Å². The molecule has 0 aliphatic heterocycles. The molecule has 52 valence electrons. The highest BCUT2D eigenvalue weighted by molar-refractivity contribution is 9.18. The smallest absolute Gasteiger partial charge is 0.302 e. The zero-order chi connectivity index (χ0) is 7.28. The fourth-order valence-electron chi connectivity index (χ4n) is 0.275. The zero-order valence-electron chi connectivity index (χ0n) is 5.02. The Labute approximate surface area is 61.5 Å². The quantitative estimate of drug-likeness (QED) is 0.495. The van der Waals surface area contributed by atoms with Crippen LogP contribution in [0.2, 0.25) is 0 Å². The van der Waals surface area contributed by atoms with Gasteiger partial charge in [-0.2, -0.15) is 0 Å². The van der Waals surface area contributed by atoms with Gasteiger partial charge in [-0.15, -0.1) is 0 Å². The van der Waals surface area contributed by atoms with E-state index in [1.54, 1.807) is 0 Å². The molecule has 0 spiro atoms. The molecule has 0 aromatic heterocycles. The van der Waals surface area contributed by atoms with Gasteiger partial charge in [0.1, 0.15) is 0 Å². The van der Waals surface area contributed by atoms with E-state index in [4.69, 9.17) is 0 Å². The van der Waals surface area contributed by atoms with E-state index >= 15 is 0 Å². The average molecular weight is 195 g/mol. The summed E-state index contributed by atoms with van der Waals surface area (Å²) in [6.45, 7) is 1.47. The molecule has 0 saturated heterocycles. The largest absolute Gasteiger partial charge is 0.465 e. The minimum atomic E-state index is -0.358. The number of esters is 1. The van der Waals surface area contributed by atoms with Gasteiger partial charge in [0, 0.05) is 6.92 Å². The first-order valence-electron chi connectivity index (χ1n) is 2.44. The molecular weight excluding hydrogens is 188 g/mol. The zero-order valence-corrected chi connectivity index (χ0v) is 6.60. The van der Waals surface area contributed by atoms with Gasteiger partial charge in [0.15, 0.2) is 0 Å². The fourth-order valence-corrected chi connectivity index (χ4v) is 0.437. The Morgan fingerprint density at radius 1 is 1.56 bits per heavy atom. The molecule has 0 aromatic carbocycles. The summed E-state index contributed by atoms with van der Waals surface area (Å²) < 4.78 is 4.31. The van der Waals surface area contributed by atoms with Crippen LogP contribution in [0.1, 0.15) is 13.3 Å². The minimum absolute atomic E-state index is 0.149. The first-order valence-corrected chi connectivity index (χ1v) is 3.24. The van der Waals surface area contributed by atoms with Gasteiger partial charge in [0.25, 0.3) is 0 Å². The highest BCUT2D eigenvalue weighted by Gasteiger charge is 1.96.